The number of hydrogen-bond acceptors (Lipinski definition) is 1. The third kappa shape index (κ3) is 1.44. The number of aromatic nitrogens is 3. The van der Waals surface area contributed by atoms with Crippen LogP contribution in [0.5, 0.6) is 0 Å². The smallest absolute Gasteiger partial charge is 0.351 e. The Morgan fingerprint density at radius 3 is 2.65 bits per heavy atom. The molecule has 0 aliphatic carbocycles. The first-order chi connectivity index (χ1) is 9.54. The monoisotopic (exact) mass is 275 g/mol. The molecule has 0 radical (unpaired) electrons. The largest absolute Gasteiger partial charge is 0.434 e. The molecule has 0 atom stereocenters. The minimum atomic E-state index is -4.44. The number of nitrogens with zero attached hydrogens (tertiary/aromatic N) is 2. The van der Waals surface area contributed by atoms with E-state index < -0.39 is 11.9 Å². The minimum Gasteiger partial charge on any atom is -0.351 e. The van der Waals surface area contributed by atoms with Gasteiger partial charge < -0.3 is 9.38 Å². The molecule has 0 amide bonds. The molecule has 0 fully saturated rings. The molecule has 3 nitrogen and oxygen atoms in total. The molecular formula is C14H8F3N3. The number of pyridine rings is 1. The van der Waals surface area contributed by atoms with Crippen LogP contribution in [0.3, 0.4) is 0 Å². The molecule has 0 spiro atoms. The first-order valence-electron chi connectivity index (χ1n) is 5.99. The highest BCUT2D eigenvalue weighted by Gasteiger charge is 2.34. The van der Waals surface area contributed by atoms with Gasteiger partial charge in [0, 0.05) is 28.7 Å². The zero-order valence-corrected chi connectivity index (χ0v) is 10.1. The summed E-state index contributed by atoms with van der Waals surface area (Å²) in [5.41, 5.74) is 0.894. The van der Waals surface area contributed by atoms with E-state index in [1.807, 2.05) is 24.3 Å². The Hall–Kier alpha value is -2.50. The molecule has 100 valence electrons. The van der Waals surface area contributed by atoms with Crippen LogP contribution in [0.4, 0.5) is 13.2 Å². The number of hydrogen-bond donors (Lipinski definition) is 1. The molecule has 20 heavy (non-hydrogen) atoms. The number of aromatic amines is 1. The van der Waals surface area contributed by atoms with Crippen molar-refractivity contribution in [3.8, 4) is 0 Å². The van der Waals surface area contributed by atoms with Gasteiger partial charge >= 0.3 is 6.18 Å². The van der Waals surface area contributed by atoms with Crippen molar-refractivity contribution >= 4 is 27.5 Å². The molecular weight excluding hydrogens is 267 g/mol. The molecule has 0 bridgehead atoms. The van der Waals surface area contributed by atoms with Crippen molar-refractivity contribution in [3.05, 3.63) is 48.4 Å². The van der Waals surface area contributed by atoms with Gasteiger partial charge in [0.05, 0.1) is 5.52 Å². The molecule has 4 rings (SSSR count). The predicted octanol–water partition coefficient (Wildman–Crippen LogP) is 3.99. The zero-order valence-electron chi connectivity index (χ0n) is 10.1. The average molecular weight is 275 g/mol. The lowest BCUT2D eigenvalue weighted by atomic mass is 10.2. The first kappa shape index (κ1) is 11.3. The van der Waals surface area contributed by atoms with Crippen LogP contribution in [0.1, 0.15) is 5.69 Å². The standard InChI is InChI=1S/C14H8F3N3/c15-14(16,17)11-7-20-6-5-9-8-3-1-2-4-10(8)18-12(9)13(20)19-11/h1-7,18H. The Morgan fingerprint density at radius 2 is 1.85 bits per heavy atom. The van der Waals surface area contributed by atoms with Gasteiger partial charge in [-0.1, -0.05) is 18.2 Å². The summed E-state index contributed by atoms with van der Waals surface area (Å²) < 4.78 is 39.6. The highest BCUT2D eigenvalue weighted by molar-refractivity contribution is 6.11. The minimum absolute atomic E-state index is 0.283. The molecule has 3 aromatic heterocycles. The second-order valence-electron chi connectivity index (χ2n) is 4.63. The number of imidazole rings is 1. The molecule has 0 unspecified atom stereocenters. The van der Waals surface area contributed by atoms with E-state index in [0.29, 0.717) is 5.52 Å². The SMILES string of the molecule is FC(F)(F)c1cn2ccc3c4ccccc4[nH]c3c2n1. The van der Waals surface area contributed by atoms with Gasteiger partial charge in [0.15, 0.2) is 11.3 Å². The number of nitrogens with one attached hydrogen (secondary N) is 1. The van der Waals surface area contributed by atoms with E-state index in [2.05, 4.69) is 9.97 Å². The number of halogens is 3. The Bertz CT molecular complexity index is 947. The Kier molecular flexibility index (Phi) is 2.00. The van der Waals surface area contributed by atoms with Crippen molar-refractivity contribution in [1.82, 2.24) is 14.4 Å². The fourth-order valence-corrected chi connectivity index (χ4v) is 2.50. The quantitative estimate of drug-likeness (QED) is 0.517. The number of rotatable bonds is 0. The Balaban J connectivity index is 2.15. The first-order valence-corrected chi connectivity index (χ1v) is 5.99. The van der Waals surface area contributed by atoms with E-state index in [-0.39, 0.29) is 5.65 Å². The maximum absolute atomic E-state index is 12.7. The van der Waals surface area contributed by atoms with Gasteiger partial charge in [-0.2, -0.15) is 13.2 Å². The summed E-state index contributed by atoms with van der Waals surface area (Å²) in [6.07, 6.45) is -1.84. The summed E-state index contributed by atoms with van der Waals surface area (Å²) in [7, 11) is 0. The summed E-state index contributed by atoms with van der Waals surface area (Å²) in [4.78, 5) is 6.85. The number of H-pyrrole nitrogens is 1. The van der Waals surface area contributed by atoms with Crippen LogP contribution >= 0.6 is 0 Å². The predicted molar refractivity (Wildman–Crippen MR) is 69.6 cm³/mol. The molecule has 1 aromatic carbocycles. The van der Waals surface area contributed by atoms with Crippen molar-refractivity contribution in [1.29, 1.82) is 0 Å². The van der Waals surface area contributed by atoms with Gasteiger partial charge in [-0.05, 0) is 12.1 Å². The maximum Gasteiger partial charge on any atom is 0.434 e. The molecule has 6 heteroatoms. The third-order valence-corrected chi connectivity index (χ3v) is 3.39. The summed E-state index contributed by atoms with van der Waals surface area (Å²) >= 11 is 0. The van der Waals surface area contributed by atoms with Crippen molar-refractivity contribution < 1.29 is 13.2 Å². The van der Waals surface area contributed by atoms with E-state index in [0.717, 1.165) is 22.5 Å². The van der Waals surface area contributed by atoms with Gasteiger partial charge in [0.1, 0.15) is 0 Å². The Morgan fingerprint density at radius 1 is 1.05 bits per heavy atom. The van der Waals surface area contributed by atoms with Crippen molar-refractivity contribution in [2.75, 3.05) is 0 Å². The number of para-hydroxylation sites is 1. The van der Waals surface area contributed by atoms with Gasteiger partial charge in [-0.3, -0.25) is 0 Å². The van der Waals surface area contributed by atoms with Crippen LogP contribution in [-0.2, 0) is 6.18 Å². The Labute approximate surface area is 110 Å². The fourth-order valence-electron chi connectivity index (χ4n) is 2.50. The molecule has 4 aromatic rings. The number of benzene rings is 1. The second-order valence-corrected chi connectivity index (χ2v) is 4.63. The molecule has 0 saturated carbocycles. The maximum atomic E-state index is 12.7. The second kappa shape index (κ2) is 3.53. The summed E-state index contributed by atoms with van der Waals surface area (Å²) in [6.45, 7) is 0. The van der Waals surface area contributed by atoms with Crippen molar-refractivity contribution in [2.24, 2.45) is 0 Å². The molecule has 3 heterocycles. The van der Waals surface area contributed by atoms with Crippen molar-refractivity contribution in [2.45, 2.75) is 6.18 Å². The van der Waals surface area contributed by atoms with E-state index in [4.69, 9.17) is 0 Å². The highest BCUT2D eigenvalue weighted by atomic mass is 19.4. The summed E-state index contributed by atoms with van der Waals surface area (Å²) in [5.74, 6) is 0. The van der Waals surface area contributed by atoms with Gasteiger partial charge in [-0.25, -0.2) is 4.98 Å². The molecule has 0 aliphatic heterocycles. The lowest BCUT2D eigenvalue weighted by Gasteiger charge is -1.98. The van der Waals surface area contributed by atoms with Crippen LogP contribution in [0.25, 0.3) is 27.5 Å². The normalized spacial score (nSPS) is 12.8. The molecule has 0 aliphatic rings. The van der Waals surface area contributed by atoms with Crippen molar-refractivity contribution in [3.63, 3.8) is 0 Å². The molecule has 0 saturated heterocycles. The number of fused-ring (bicyclic) bond motifs is 5. The van der Waals surface area contributed by atoms with E-state index in [9.17, 15) is 13.2 Å². The van der Waals surface area contributed by atoms with E-state index in [1.54, 1.807) is 12.3 Å². The van der Waals surface area contributed by atoms with Crippen LogP contribution in [0, 0.1) is 0 Å². The highest BCUT2D eigenvalue weighted by Crippen LogP contribution is 2.32. The zero-order chi connectivity index (χ0) is 13.9. The number of alkyl halides is 3. The van der Waals surface area contributed by atoms with Gasteiger partial charge in [0.25, 0.3) is 0 Å². The topological polar surface area (TPSA) is 33.1 Å². The average Bonchev–Trinajstić information content (AvgIpc) is 2.98. The van der Waals surface area contributed by atoms with Crippen LogP contribution in [0.15, 0.2) is 42.7 Å². The lowest BCUT2D eigenvalue weighted by molar-refractivity contribution is -0.140. The summed E-state index contributed by atoms with van der Waals surface area (Å²) in [5, 5.41) is 1.84. The van der Waals surface area contributed by atoms with Gasteiger partial charge in [-0.15, -0.1) is 0 Å². The summed E-state index contributed by atoms with van der Waals surface area (Å²) in [6, 6.07) is 9.38. The molecule has 1 N–H and O–H groups in total. The fraction of sp³-hybridized carbons (Fsp3) is 0.0714. The third-order valence-electron chi connectivity index (χ3n) is 3.39. The van der Waals surface area contributed by atoms with Crippen LogP contribution < -0.4 is 0 Å². The van der Waals surface area contributed by atoms with Crippen LogP contribution in [-0.4, -0.2) is 14.4 Å². The van der Waals surface area contributed by atoms with E-state index >= 15 is 0 Å². The lowest BCUT2D eigenvalue weighted by Crippen LogP contribution is -2.04. The van der Waals surface area contributed by atoms with Crippen LogP contribution in [0.2, 0.25) is 0 Å². The van der Waals surface area contributed by atoms with E-state index in [1.165, 1.54) is 4.40 Å². The van der Waals surface area contributed by atoms with Gasteiger partial charge in [0.2, 0.25) is 0 Å².